The quantitative estimate of drug-likeness (QED) is 0.391. The summed E-state index contributed by atoms with van der Waals surface area (Å²) in [6, 6.07) is 9.31. The highest BCUT2D eigenvalue weighted by Crippen LogP contribution is 2.56. The standard InChI is InChI=1S/C30H33Cl2F2N3O3/c1-29(2,3)15-19-16-37(28(40)36-11-9-18(10-12-36)13-25(38)39)27(21-5-4-6-23(32)26(21)34)30(19,17-35)22-8-7-20(31)14-24(22)33/h4-8,14,18-19,27H,9-13,15-16H2,1-3H3,(H,38,39). The second-order valence-electron chi connectivity index (χ2n) is 12.1. The lowest BCUT2D eigenvalue weighted by Crippen LogP contribution is -2.48. The summed E-state index contributed by atoms with van der Waals surface area (Å²) in [6.07, 6.45) is 1.51. The van der Waals surface area contributed by atoms with Crippen molar-refractivity contribution in [1.82, 2.24) is 9.80 Å². The molecule has 2 amide bonds. The molecule has 2 aliphatic rings. The van der Waals surface area contributed by atoms with Crippen molar-refractivity contribution in [2.75, 3.05) is 19.6 Å². The minimum atomic E-state index is -1.65. The Bertz CT molecular complexity index is 1330. The molecule has 0 saturated carbocycles. The normalized spacial score (nSPS) is 23.8. The summed E-state index contributed by atoms with van der Waals surface area (Å²) >= 11 is 12.3. The first-order valence-corrected chi connectivity index (χ1v) is 14.1. The SMILES string of the molecule is CC(C)(C)CC1CN(C(=O)N2CCC(CC(=O)O)CC2)C(c2cccc(Cl)c2F)C1(C#N)c1ccc(Cl)cc1F. The van der Waals surface area contributed by atoms with E-state index in [-0.39, 0.29) is 45.5 Å². The van der Waals surface area contributed by atoms with Gasteiger partial charge in [-0.05, 0) is 48.8 Å². The summed E-state index contributed by atoms with van der Waals surface area (Å²) in [5.74, 6) is -2.95. The summed E-state index contributed by atoms with van der Waals surface area (Å²) in [5, 5.41) is 20.1. The Balaban J connectivity index is 1.87. The lowest BCUT2D eigenvalue weighted by Gasteiger charge is -2.40. The molecule has 1 N–H and O–H groups in total. The molecule has 6 nitrogen and oxygen atoms in total. The molecule has 0 spiro atoms. The number of likely N-dealkylation sites (tertiary alicyclic amines) is 2. The number of carbonyl (C=O) groups excluding carboxylic acids is 1. The number of carboxylic acids is 1. The van der Waals surface area contributed by atoms with Crippen LogP contribution in [0.1, 0.15) is 63.6 Å². The van der Waals surface area contributed by atoms with Gasteiger partial charge in [-0.3, -0.25) is 4.79 Å². The summed E-state index contributed by atoms with van der Waals surface area (Å²) in [4.78, 5) is 28.4. The van der Waals surface area contributed by atoms with Crippen LogP contribution in [0.3, 0.4) is 0 Å². The van der Waals surface area contributed by atoms with Gasteiger partial charge in [-0.1, -0.05) is 62.2 Å². The third-order valence-corrected chi connectivity index (χ3v) is 8.62. The van der Waals surface area contributed by atoms with Crippen LogP contribution in [-0.2, 0) is 10.2 Å². The Kier molecular flexibility index (Phi) is 8.68. The summed E-state index contributed by atoms with van der Waals surface area (Å²) in [6.45, 7) is 6.76. The van der Waals surface area contributed by atoms with E-state index in [1.165, 1.54) is 29.2 Å². The van der Waals surface area contributed by atoms with Crippen LogP contribution in [0.5, 0.6) is 0 Å². The number of aliphatic carboxylic acids is 1. The molecular formula is C30H33Cl2F2N3O3. The van der Waals surface area contributed by atoms with E-state index in [2.05, 4.69) is 6.07 Å². The zero-order chi connectivity index (χ0) is 29.4. The molecule has 2 heterocycles. The average molecular weight is 593 g/mol. The van der Waals surface area contributed by atoms with E-state index in [1.54, 1.807) is 11.0 Å². The van der Waals surface area contributed by atoms with Gasteiger partial charge >= 0.3 is 12.0 Å². The molecule has 40 heavy (non-hydrogen) atoms. The lowest BCUT2D eigenvalue weighted by molar-refractivity contribution is -0.138. The Labute approximate surface area is 243 Å². The summed E-state index contributed by atoms with van der Waals surface area (Å²) in [5.41, 5.74) is -1.87. The van der Waals surface area contributed by atoms with Crippen LogP contribution >= 0.6 is 23.2 Å². The van der Waals surface area contributed by atoms with E-state index >= 15 is 8.78 Å². The van der Waals surface area contributed by atoms with Crippen molar-refractivity contribution in [3.8, 4) is 6.07 Å². The van der Waals surface area contributed by atoms with E-state index < -0.39 is 41.0 Å². The van der Waals surface area contributed by atoms with Crippen LogP contribution in [-0.4, -0.2) is 46.5 Å². The van der Waals surface area contributed by atoms with Crippen LogP contribution < -0.4 is 0 Å². The molecule has 2 aliphatic heterocycles. The van der Waals surface area contributed by atoms with Crippen molar-refractivity contribution < 1.29 is 23.5 Å². The molecular weight excluding hydrogens is 559 g/mol. The van der Waals surface area contributed by atoms with Gasteiger partial charge < -0.3 is 14.9 Å². The number of halogens is 4. The smallest absolute Gasteiger partial charge is 0.320 e. The Morgan fingerprint density at radius 2 is 1.82 bits per heavy atom. The fraction of sp³-hybridized carbons (Fsp3) is 0.500. The van der Waals surface area contributed by atoms with Crippen molar-refractivity contribution >= 4 is 35.2 Å². The maximum absolute atomic E-state index is 15.8. The molecule has 2 fully saturated rings. The molecule has 2 aromatic carbocycles. The number of benzene rings is 2. The number of hydrogen-bond donors (Lipinski definition) is 1. The Morgan fingerprint density at radius 3 is 2.40 bits per heavy atom. The summed E-state index contributed by atoms with van der Waals surface area (Å²) in [7, 11) is 0. The predicted octanol–water partition coefficient (Wildman–Crippen LogP) is 7.45. The molecule has 3 atom stereocenters. The third kappa shape index (κ3) is 5.77. The molecule has 2 aromatic rings. The lowest BCUT2D eigenvalue weighted by atomic mass is 9.63. The van der Waals surface area contributed by atoms with Gasteiger partial charge in [-0.15, -0.1) is 0 Å². The van der Waals surface area contributed by atoms with E-state index in [0.29, 0.717) is 32.4 Å². The first-order chi connectivity index (χ1) is 18.8. The van der Waals surface area contributed by atoms with E-state index in [0.717, 1.165) is 6.07 Å². The second kappa shape index (κ2) is 11.5. The fourth-order valence-corrected chi connectivity index (χ4v) is 6.76. The number of nitriles is 1. The number of carbonyl (C=O) groups is 2. The molecule has 0 aliphatic carbocycles. The van der Waals surface area contributed by atoms with Crippen molar-refractivity contribution in [3.63, 3.8) is 0 Å². The predicted molar refractivity (Wildman–Crippen MR) is 149 cm³/mol. The van der Waals surface area contributed by atoms with Gasteiger partial charge in [-0.2, -0.15) is 5.26 Å². The van der Waals surface area contributed by atoms with Gasteiger partial charge in [0.05, 0.1) is 17.1 Å². The topological polar surface area (TPSA) is 84.6 Å². The second-order valence-corrected chi connectivity index (χ2v) is 12.9. The molecule has 0 radical (unpaired) electrons. The zero-order valence-electron chi connectivity index (χ0n) is 22.8. The zero-order valence-corrected chi connectivity index (χ0v) is 24.3. The van der Waals surface area contributed by atoms with Crippen LogP contribution in [0.2, 0.25) is 10.0 Å². The van der Waals surface area contributed by atoms with Crippen LogP contribution in [0.25, 0.3) is 0 Å². The number of amides is 2. The molecule has 2 saturated heterocycles. The summed E-state index contributed by atoms with van der Waals surface area (Å²) < 4.78 is 31.5. The van der Waals surface area contributed by atoms with Crippen LogP contribution in [0, 0.1) is 40.2 Å². The molecule has 214 valence electrons. The molecule has 10 heteroatoms. The minimum absolute atomic E-state index is 0.0309. The fourth-order valence-electron chi connectivity index (χ4n) is 6.42. The van der Waals surface area contributed by atoms with Crippen LogP contribution in [0.4, 0.5) is 13.6 Å². The number of piperidine rings is 1. The largest absolute Gasteiger partial charge is 0.481 e. The first-order valence-electron chi connectivity index (χ1n) is 13.4. The van der Waals surface area contributed by atoms with Crippen LogP contribution in [0.15, 0.2) is 36.4 Å². The molecule has 0 aromatic heterocycles. The third-order valence-electron chi connectivity index (χ3n) is 8.09. The monoisotopic (exact) mass is 591 g/mol. The van der Waals surface area contributed by atoms with Crippen molar-refractivity contribution in [2.45, 2.75) is 57.9 Å². The highest BCUT2D eigenvalue weighted by Gasteiger charge is 2.60. The average Bonchev–Trinajstić information content (AvgIpc) is 3.18. The number of rotatable bonds is 5. The van der Waals surface area contributed by atoms with Gasteiger partial charge in [0, 0.05) is 48.1 Å². The molecule has 3 unspecified atom stereocenters. The highest BCUT2D eigenvalue weighted by molar-refractivity contribution is 6.31. The first kappa shape index (κ1) is 30.1. The number of urea groups is 1. The minimum Gasteiger partial charge on any atom is -0.481 e. The van der Waals surface area contributed by atoms with E-state index in [1.807, 2.05) is 20.8 Å². The van der Waals surface area contributed by atoms with Gasteiger partial charge in [0.15, 0.2) is 0 Å². The molecule has 4 rings (SSSR count). The van der Waals surface area contributed by atoms with Gasteiger partial charge in [0.2, 0.25) is 0 Å². The van der Waals surface area contributed by atoms with E-state index in [9.17, 15) is 20.0 Å². The number of carboxylic acid groups (broad SMARTS) is 1. The number of nitrogens with zero attached hydrogens (tertiary/aromatic N) is 3. The molecule has 0 bridgehead atoms. The van der Waals surface area contributed by atoms with Gasteiger partial charge in [0.1, 0.15) is 17.0 Å². The van der Waals surface area contributed by atoms with Crippen molar-refractivity contribution in [2.24, 2.45) is 17.3 Å². The Hall–Kier alpha value is -2.89. The Morgan fingerprint density at radius 1 is 1.15 bits per heavy atom. The van der Waals surface area contributed by atoms with Crippen molar-refractivity contribution in [1.29, 1.82) is 5.26 Å². The van der Waals surface area contributed by atoms with Gasteiger partial charge in [-0.25, -0.2) is 13.6 Å². The number of hydrogen-bond acceptors (Lipinski definition) is 3. The maximum atomic E-state index is 15.8. The maximum Gasteiger partial charge on any atom is 0.320 e. The van der Waals surface area contributed by atoms with E-state index in [4.69, 9.17) is 23.2 Å². The highest BCUT2D eigenvalue weighted by atomic mass is 35.5. The van der Waals surface area contributed by atoms with Crippen molar-refractivity contribution in [3.05, 3.63) is 69.2 Å². The van der Waals surface area contributed by atoms with Gasteiger partial charge in [0.25, 0.3) is 0 Å².